The molecule has 0 atom stereocenters. The topological polar surface area (TPSA) is 33.3 Å². The van der Waals surface area contributed by atoms with Crippen LogP contribution in [-0.2, 0) is 4.74 Å². The average Bonchev–Trinajstić information content (AvgIpc) is 2.99. The first-order valence-corrected chi connectivity index (χ1v) is 5.86. The zero-order valence-corrected chi connectivity index (χ0v) is 9.35. The maximum absolute atomic E-state index is 5.53. The minimum absolute atomic E-state index is 0.901. The standard InChI is InChI=1S/C11H24N2O/c1-12-6-2-7-13-8-3-9-14-10-11-4-5-11/h11-13H,2-10H2,1H3. The van der Waals surface area contributed by atoms with Crippen molar-refractivity contribution in [1.29, 1.82) is 0 Å². The van der Waals surface area contributed by atoms with E-state index in [1.807, 2.05) is 7.05 Å². The molecule has 2 N–H and O–H groups in total. The Kier molecular flexibility index (Phi) is 7.01. The van der Waals surface area contributed by atoms with Crippen LogP contribution >= 0.6 is 0 Å². The second-order valence-corrected chi connectivity index (χ2v) is 4.08. The van der Waals surface area contributed by atoms with Gasteiger partial charge in [-0.1, -0.05) is 0 Å². The zero-order chi connectivity index (χ0) is 10.1. The highest BCUT2D eigenvalue weighted by Gasteiger charge is 2.20. The number of hydrogen-bond acceptors (Lipinski definition) is 3. The van der Waals surface area contributed by atoms with Gasteiger partial charge in [-0.05, 0) is 58.3 Å². The van der Waals surface area contributed by atoms with Crippen LogP contribution in [0, 0.1) is 5.92 Å². The van der Waals surface area contributed by atoms with E-state index in [0.717, 1.165) is 45.2 Å². The van der Waals surface area contributed by atoms with Crippen molar-refractivity contribution in [1.82, 2.24) is 10.6 Å². The highest BCUT2D eigenvalue weighted by molar-refractivity contribution is 4.71. The van der Waals surface area contributed by atoms with Gasteiger partial charge in [0.2, 0.25) is 0 Å². The van der Waals surface area contributed by atoms with Gasteiger partial charge in [-0.2, -0.15) is 0 Å². The van der Waals surface area contributed by atoms with E-state index in [-0.39, 0.29) is 0 Å². The van der Waals surface area contributed by atoms with Crippen LogP contribution in [0.25, 0.3) is 0 Å². The molecule has 0 heterocycles. The quantitative estimate of drug-likeness (QED) is 0.516. The summed E-state index contributed by atoms with van der Waals surface area (Å²) in [6, 6.07) is 0. The molecule has 14 heavy (non-hydrogen) atoms. The number of ether oxygens (including phenoxy) is 1. The Morgan fingerprint density at radius 3 is 2.64 bits per heavy atom. The molecule has 0 radical (unpaired) electrons. The maximum Gasteiger partial charge on any atom is 0.0494 e. The predicted molar refractivity (Wildman–Crippen MR) is 59.6 cm³/mol. The third-order valence-corrected chi connectivity index (χ3v) is 2.47. The van der Waals surface area contributed by atoms with Gasteiger partial charge in [0.25, 0.3) is 0 Å². The second kappa shape index (κ2) is 8.21. The van der Waals surface area contributed by atoms with Crippen LogP contribution < -0.4 is 10.6 Å². The third-order valence-electron chi connectivity index (χ3n) is 2.47. The molecule has 0 bridgehead atoms. The van der Waals surface area contributed by atoms with Crippen LogP contribution in [0.3, 0.4) is 0 Å². The van der Waals surface area contributed by atoms with Gasteiger partial charge in [0.05, 0.1) is 0 Å². The normalized spacial score (nSPS) is 16.1. The molecule has 84 valence electrons. The number of rotatable bonds is 10. The van der Waals surface area contributed by atoms with E-state index >= 15 is 0 Å². The number of hydrogen-bond donors (Lipinski definition) is 2. The van der Waals surface area contributed by atoms with Crippen molar-refractivity contribution in [3.05, 3.63) is 0 Å². The molecule has 1 aliphatic rings. The summed E-state index contributed by atoms with van der Waals surface area (Å²) in [5.74, 6) is 0.901. The van der Waals surface area contributed by atoms with E-state index in [4.69, 9.17) is 4.74 Å². The summed E-state index contributed by atoms with van der Waals surface area (Å²) in [5.41, 5.74) is 0. The van der Waals surface area contributed by atoms with Crippen LogP contribution in [0.4, 0.5) is 0 Å². The molecular formula is C11H24N2O. The Morgan fingerprint density at radius 2 is 1.93 bits per heavy atom. The van der Waals surface area contributed by atoms with Crippen molar-refractivity contribution in [2.75, 3.05) is 39.9 Å². The molecule has 1 fully saturated rings. The summed E-state index contributed by atoms with van der Waals surface area (Å²) in [6.07, 6.45) is 5.14. The molecule has 0 amide bonds. The fourth-order valence-corrected chi connectivity index (χ4v) is 1.35. The molecule has 3 nitrogen and oxygen atoms in total. The smallest absolute Gasteiger partial charge is 0.0494 e. The van der Waals surface area contributed by atoms with Crippen molar-refractivity contribution in [3.8, 4) is 0 Å². The SMILES string of the molecule is CNCCCNCCCOCC1CC1. The van der Waals surface area contributed by atoms with Gasteiger partial charge in [-0.25, -0.2) is 0 Å². The van der Waals surface area contributed by atoms with Crippen LogP contribution in [0.15, 0.2) is 0 Å². The molecule has 0 aromatic carbocycles. The third kappa shape index (κ3) is 7.30. The molecule has 1 aliphatic carbocycles. The van der Waals surface area contributed by atoms with Crippen molar-refractivity contribution < 1.29 is 4.74 Å². The van der Waals surface area contributed by atoms with Crippen LogP contribution in [-0.4, -0.2) is 39.9 Å². The lowest BCUT2D eigenvalue weighted by Gasteiger charge is -2.05. The summed E-state index contributed by atoms with van der Waals surface area (Å²) >= 11 is 0. The predicted octanol–water partition coefficient (Wildman–Crippen LogP) is 1.00. The Bertz CT molecular complexity index is 126. The minimum Gasteiger partial charge on any atom is -0.381 e. The van der Waals surface area contributed by atoms with E-state index in [0.29, 0.717) is 0 Å². The molecule has 0 saturated heterocycles. The van der Waals surface area contributed by atoms with Gasteiger partial charge in [0.15, 0.2) is 0 Å². The van der Waals surface area contributed by atoms with Gasteiger partial charge < -0.3 is 15.4 Å². The molecular weight excluding hydrogens is 176 g/mol. The van der Waals surface area contributed by atoms with E-state index in [1.54, 1.807) is 0 Å². The first kappa shape index (κ1) is 12.0. The maximum atomic E-state index is 5.53. The fraction of sp³-hybridized carbons (Fsp3) is 1.00. The van der Waals surface area contributed by atoms with Gasteiger partial charge in [-0.3, -0.25) is 0 Å². The first-order chi connectivity index (χ1) is 6.93. The molecule has 0 spiro atoms. The molecule has 0 aromatic rings. The highest BCUT2D eigenvalue weighted by Crippen LogP contribution is 2.28. The van der Waals surface area contributed by atoms with Crippen LogP contribution in [0.1, 0.15) is 25.7 Å². The Labute approximate surface area is 87.6 Å². The lowest BCUT2D eigenvalue weighted by Crippen LogP contribution is -2.21. The van der Waals surface area contributed by atoms with Crippen molar-refractivity contribution in [2.24, 2.45) is 5.92 Å². The van der Waals surface area contributed by atoms with Crippen LogP contribution in [0.2, 0.25) is 0 Å². The molecule has 1 saturated carbocycles. The Balaban J connectivity index is 1.63. The average molecular weight is 200 g/mol. The van der Waals surface area contributed by atoms with Crippen molar-refractivity contribution >= 4 is 0 Å². The van der Waals surface area contributed by atoms with Crippen LogP contribution in [0.5, 0.6) is 0 Å². The molecule has 1 rings (SSSR count). The first-order valence-electron chi connectivity index (χ1n) is 5.86. The second-order valence-electron chi connectivity index (χ2n) is 4.08. The van der Waals surface area contributed by atoms with E-state index in [2.05, 4.69) is 10.6 Å². The lowest BCUT2D eigenvalue weighted by molar-refractivity contribution is 0.122. The van der Waals surface area contributed by atoms with Gasteiger partial charge in [-0.15, -0.1) is 0 Å². The van der Waals surface area contributed by atoms with Gasteiger partial charge in [0.1, 0.15) is 0 Å². The Morgan fingerprint density at radius 1 is 1.14 bits per heavy atom. The molecule has 0 unspecified atom stereocenters. The molecule has 3 heteroatoms. The minimum atomic E-state index is 0.901. The van der Waals surface area contributed by atoms with E-state index in [1.165, 1.54) is 19.3 Å². The summed E-state index contributed by atoms with van der Waals surface area (Å²) in [7, 11) is 1.99. The summed E-state index contributed by atoms with van der Waals surface area (Å²) < 4.78 is 5.53. The zero-order valence-electron chi connectivity index (χ0n) is 9.35. The van der Waals surface area contributed by atoms with Crippen molar-refractivity contribution in [3.63, 3.8) is 0 Å². The summed E-state index contributed by atoms with van der Waals surface area (Å²) in [6.45, 7) is 5.23. The molecule has 0 aliphatic heterocycles. The molecule has 0 aromatic heterocycles. The Hall–Kier alpha value is -0.120. The largest absolute Gasteiger partial charge is 0.381 e. The monoisotopic (exact) mass is 200 g/mol. The highest BCUT2D eigenvalue weighted by atomic mass is 16.5. The lowest BCUT2D eigenvalue weighted by atomic mass is 10.4. The van der Waals surface area contributed by atoms with E-state index < -0.39 is 0 Å². The van der Waals surface area contributed by atoms with E-state index in [9.17, 15) is 0 Å². The summed E-state index contributed by atoms with van der Waals surface area (Å²) in [4.78, 5) is 0. The fourth-order valence-electron chi connectivity index (χ4n) is 1.35. The van der Waals surface area contributed by atoms with Gasteiger partial charge >= 0.3 is 0 Å². The number of nitrogens with one attached hydrogen (secondary N) is 2. The van der Waals surface area contributed by atoms with Gasteiger partial charge in [0, 0.05) is 13.2 Å². The van der Waals surface area contributed by atoms with Crippen molar-refractivity contribution in [2.45, 2.75) is 25.7 Å². The summed E-state index contributed by atoms with van der Waals surface area (Å²) in [5, 5.41) is 6.54.